The number of carbonyl (C=O) groups excluding carboxylic acids is 2. The van der Waals surface area contributed by atoms with Gasteiger partial charge >= 0.3 is 0 Å². The normalized spacial score (nSPS) is 16.1. The Hall–Kier alpha value is -1.34. The van der Waals surface area contributed by atoms with Crippen LogP contribution in [0.5, 0.6) is 0 Å². The molecule has 132 valence electrons. The van der Waals surface area contributed by atoms with E-state index >= 15 is 0 Å². The maximum absolute atomic E-state index is 12.4. The number of morpholine rings is 1. The molecule has 1 atom stereocenters. The molecule has 6 nitrogen and oxygen atoms in total. The largest absolute Gasteiger partial charge is 0.378 e. The second kappa shape index (κ2) is 8.67. The van der Waals surface area contributed by atoms with Gasteiger partial charge in [0.1, 0.15) is 0 Å². The van der Waals surface area contributed by atoms with Crippen molar-refractivity contribution in [2.24, 2.45) is 0 Å². The number of anilines is 1. The van der Waals surface area contributed by atoms with E-state index in [1.54, 1.807) is 42.0 Å². The number of carbonyl (C=O) groups is 2. The minimum atomic E-state index is -0.485. The summed E-state index contributed by atoms with van der Waals surface area (Å²) in [4.78, 5) is 28.1. The predicted octanol–water partition coefficient (Wildman–Crippen LogP) is 2.11. The number of hydrogen-bond acceptors (Lipinski definition) is 4. The summed E-state index contributed by atoms with van der Waals surface area (Å²) in [5.74, 6) is -0.249. The van der Waals surface area contributed by atoms with Crippen molar-refractivity contribution < 1.29 is 14.3 Å². The molecule has 1 saturated heterocycles. The molecule has 0 radical (unpaired) electrons. The summed E-state index contributed by atoms with van der Waals surface area (Å²) in [6, 6.07) is 4.38. The first-order valence-corrected chi connectivity index (χ1v) is 8.45. The van der Waals surface area contributed by atoms with Crippen LogP contribution in [0.15, 0.2) is 18.2 Å². The van der Waals surface area contributed by atoms with E-state index in [9.17, 15) is 9.59 Å². The Morgan fingerprint density at radius 1 is 1.33 bits per heavy atom. The number of nitrogens with one attached hydrogen (secondary N) is 1. The van der Waals surface area contributed by atoms with Crippen LogP contribution in [0.3, 0.4) is 0 Å². The van der Waals surface area contributed by atoms with E-state index in [4.69, 9.17) is 27.9 Å². The quantitative estimate of drug-likeness (QED) is 0.858. The van der Waals surface area contributed by atoms with Crippen molar-refractivity contribution in [3.8, 4) is 0 Å². The van der Waals surface area contributed by atoms with Crippen molar-refractivity contribution in [1.82, 2.24) is 9.80 Å². The highest BCUT2D eigenvalue weighted by molar-refractivity contribution is 6.36. The molecule has 1 heterocycles. The van der Waals surface area contributed by atoms with Crippen LogP contribution in [-0.4, -0.2) is 67.6 Å². The predicted molar refractivity (Wildman–Crippen MR) is 94.6 cm³/mol. The summed E-state index contributed by atoms with van der Waals surface area (Å²) in [5.41, 5.74) is 0.492. The lowest BCUT2D eigenvalue weighted by atomic mass is 10.2. The van der Waals surface area contributed by atoms with Crippen LogP contribution in [-0.2, 0) is 14.3 Å². The monoisotopic (exact) mass is 373 g/mol. The molecule has 1 aliphatic heterocycles. The average molecular weight is 374 g/mol. The molecule has 2 amide bonds. The van der Waals surface area contributed by atoms with Crippen molar-refractivity contribution >= 4 is 40.7 Å². The van der Waals surface area contributed by atoms with Gasteiger partial charge < -0.3 is 15.0 Å². The fourth-order valence-corrected chi connectivity index (χ4v) is 2.75. The summed E-state index contributed by atoms with van der Waals surface area (Å²) in [7, 11) is 1.74. The maximum Gasteiger partial charge on any atom is 0.241 e. The Labute approximate surface area is 151 Å². The number of halogens is 2. The first kappa shape index (κ1) is 19.0. The molecule has 0 saturated carbocycles. The lowest BCUT2D eigenvalue weighted by Crippen LogP contribution is -2.48. The van der Waals surface area contributed by atoms with Gasteiger partial charge in [-0.15, -0.1) is 0 Å². The summed E-state index contributed by atoms with van der Waals surface area (Å²) in [6.07, 6.45) is 0. The fourth-order valence-electron chi connectivity index (χ4n) is 2.29. The van der Waals surface area contributed by atoms with E-state index in [0.717, 1.165) is 0 Å². The summed E-state index contributed by atoms with van der Waals surface area (Å²) in [5, 5.41) is 3.62. The Balaban J connectivity index is 1.90. The molecule has 1 aromatic rings. The van der Waals surface area contributed by atoms with Gasteiger partial charge in [-0.1, -0.05) is 23.2 Å². The van der Waals surface area contributed by atoms with Gasteiger partial charge in [0.05, 0.1) is 36.5 Å². The highest BCUT2D eigenvalue weighted by atomic mass is 35.5. The molecule has 1 fully saturated rings. The molecule has 0 aliphatic carbocycles. The Bertz CT molecular complexity index is 606. The van der Waals surface area contributed by atoms with Crippen LogP contribution < -0.4 is 5.32 Å². The molecule has 24 heavy (non-hydrogen) atoms. The Morgan fingerprint density at radius 3 is 2.62 bits per heavy atom. The minimum absolute atomic E-state index is 0.00928. The Kier molecular flexibility index (Phi) is 6.86. The van der Waals surface area contributed by atoms with Gasteiger partial charge in [-0.05, 0) is 32.2 Å². The third kappa shape index (κ3) is 5.08. The van der Waals surface area contributed by atoms with Gasteiger partial charge in [-0.3, -0.25) is 14.5 Å². The Morgan fingerprint density at radius 2 is 2.00 bits per heavy atom. The maximum atomic E-state index is 12.4. The first-order chi connectivity index (χ1) is 11.4. The molecule has 0 aromatic heterocycles. The molecule has 8 heteroatoms. The summed E-state index contributed by atoms with van der Waals surface area (Å²) in [6.45, 7) is 4.21. The van der Waals surface area contributed by atoms with Crippen molar-refractivity contribution in [3.63, 3.8) is 0 Å². The topological polar surface area (TPSA) is 61.9 Å². The summed E-state index contributed by atoms with van der Waals surface area (Å²) < 4.78 is 5.23. The van der Waals surface area contributed by atoms with E-state index in [-0.39, 0.29) is 18.4 Å². The molecule has 1 aromatic carbocycles. The van der Waals surface area contributed by atoms with Crippen LogP contribution in [0.25, 0.3) is 0 Å². The molecule has 1 aliphatic rings. The van der Waals surface area contributed by atoms with Gasteiger partial charge in [-0.2, -0.15) is 0 Å². The number of rotatable bonds is 5. The smallest absolute Gasteiger partial charge is 0.241 e. The average Bonchev–Trinajstić information content (AvgIpc) is 2.57. The van der Waals surface area contributed by atoms with Gasteiger partial charge in [0, 0.05) is 18.1 Å². The molecule has 2 rings (SSSR count). The van der Waals surface area contributed by atoms with Gasteiger partial charge in [0.15, 0.2) is 0 Å². The van der Waals surface area contributed by atoms with E-state index in [2.05, 4.69) is 5.32 Å². The third-order valence-corrected chi connectivity index (χ3v) is 4.53. The molecule has 0 spiro atoms. The first-order valence-electron chi connectivity index (χ1n) is 7.70. The van der Waals surface area contributed by atoms with E-state index < -0.39 is 6.04 Å². The second-order valence-electron chi connectivity index (χ2n) is 5.70. The molecular weight excluding hydrogens is 353 g/mol. The van der Waals surface area contributed by atoms with Crippen LogP contribution in [0.4, 0.5) is 5.69 Å². The number of hydrogen-bond donors (Lipinski definition) is 1. The van der Waals surface area contributed by atoms with Crippen LogP contribution in [0.1, 0.15) is 6.92 Å². The van der Waals surface area contributed by atoms with Crippen LogP contribution >= 0.6 is 23.2 Å². The lowest BCUT2D eigenvalue weighted by Gasteiger charge is -2.30. The van der Waals surface area contributed by atoms with Crippen molar-refractivity contribution in [1.29, 1.82) is 0 Å². The number of benzene rings is 1. The van der Waals surface area contributed by atoms with Crippen molar-refractivity contribution in [3.05, 3.63) is 28.2 Å². The van der Waals surface area contributed by atoms with Crippen LogP contribution in [0, 0.1) is 0 Å². The summed E-state index contributed by atoms with van der Waals surface area (Å²) >= 11 is 11.9. The highest BCUT2D eigenvalue weighted by Crippen LogP contribution is 2.25. The second-order valence-corrected chi connectivity index (χ2v) is 6.54. The zero-order valence-electron chi connectivity index (χ0n) is 13.7. The number of nitrogens with zero attached hydrogens (tertiary/aromatic N) is 2. The highest BCUT2D eigenvalue weighted by Gasteiger charge is 2.24. The van der Waals surface area contributed by atoms with Gasteiger partial charge in [0.25, 0.3) is 0 Å². The fraction of sp³-hybridized carbons (Fsp3) is 0.500. The molecule has 1 N–H and O–H groups in total. The number of likely N-dealkylation sites (N-methyl/N-ethyl adjacent to an activating group) is 1. The molecular formula is C16H21Cl2N3O3. The van der Waals surface area contributed by atoms with Crippen molar-refractivity contribution in [2.45, 2.75) is 13.0 Å². The zero-order chi connectivity index (χ0) is 17.7. The number of amides is 2. The van der Waals surface area contributed by atoms with E-state index in [1.807, 2.05) is 0 Å². The molecule has 0 bridgehead atoms. The van der Waals surface area contributed by atoms with Crippen molar-refractivity contribution in [2.75, 3.05) is 45.2 Å². The standard InChI is InChI=1S/C16H21Cl2N3O3/c1-11(16(23)19-14-4-3-12(17)9-13(14)18)20(2)10-15(22)21-5-7-24-8-6-21/h3-4,9,11H,5-8,10H2,1-2H3,(H,19,23)/t11-/m1/s1. The van der Waals surface area contributed by atoms with Gasteiger partial charge in [0.2, 0.25) is 11.8 Å². The minimum Gasteiger partial charge on any atom is -0.378 e. The third-order valence-electron chi connectivity index (χ3n) is 3.98. The molecule has 0 unspecified atom stereocenters. The zero-order valence-corrected chi connectivity index (χ0v) is 15.2. The van der Waals surface area contributed by atoms with E-state index in [0.29, 0.717) is 42.0 Å². The van der Waals surface area contributed by atoms with Gasteiger partial charge in [-0.25, -0.2) is 0 Å². The lowest BCUT2D eigenvalue weighted by molar-refractivity contribution is -0.137. The van der Waals surface area contributed by atoms with Crippen LogP contribution in [0.2, 0.25) is 10.0 Å². The SMILES string of the molecule is C[C@H](C(=O)Nc1ccc(Cl)cc1Cl)N(C)CC(=O)N1CCOCC1. The van der Waals surface area contributed by atoms with E-state index in [1.165, 1.54) is 0 Å². The number of ether oxygens (including phenoxy) is 1.